The summed E-state index contributed by atoms with van der Waals surface area (Å²) < 4.78 is 0. The zero-order valence-electron chi connectivity index (χ0n) is 26.9. The van der Waals surface area contributed by atoms with Crippen LogP contribution in [-0.2, 0) is 0 Å². The van der Waals surface area contributed by atoms with Crippen LogP contribution in [0.5, 0.6) is 0 Å². The second-order valence-electron chi connectivity index (χ2n) is 10.7. The van der Waals surface area contributed by atoms with E-state index in [0.29, 0.717) is 47.0 Å². The molecule has 0 bridgehead atoms. The van der Waals surface area contributed by atoms with Crippen LogP contribution in [0, 0.1) is 0 Å². The molecule has 12 heteroatoms. The molecule has 0 unspecified atom stereocenters. The smallest absolute Gasteiger partial charge is 0.319 e. The monoisotopic (exact) mass is 684 g/mol. The molecule has 0 aliphatic carbocycles. The molecule has 4 aromatic rings. The molecule has 0 saturated heterocycles. The number of unbranched alkanes of at least 4 members (excludes halogenated alkanes) is 2. The van der Waals surface area contributed by atoms with Crippen molar-refractivity contribution in [1.29, 1.82) is 0 Å². The third kappa shape index (κ3) is 12.0. The van der Waals surface area contributed by atoms with Crippen molar-refractivity contribution in [2.75, 3.05) is 34.4 Å². The Morgan fingerprint density at radius 1 is 0.458 bits per heavy atom. The maximum Gasteiger partial charge on any atom is 0.319 e. The van der Waals surface area contributed by atoms with Crippen molar-refractivity contribution < 1.29 is 19.2 Å². The zero-order chi connectivity index (χ0) is 34.1. The largest absolute Gasteiger partial charge is 0.338 e. The van der Waals surface area contributed by atoms with Crippen LogP contribution in [0.1, 0.15) is 60.2 Å². The first kappa shape index (κ1) is 35.9. The van der Waals surface area contributed by atoms with Crippen LogP contribution >= 0.6 is 21.6 Å². The molecule has 0 saturated carbocycles. The lowest BCUT2D eigenvalue weighted by atomic mass is 10.2. The van der Waals surface area contributed by atoms with Gasteiger partial charge >= 0.3 is 12.1 Å². The number of carbonyl (C=O) groups is 4. The molecule has 4 rings (SSSR count). The van der Waals surface area contributed by atoms with Gasteiger partial charge < -0.3 is 31.9 Å². The van der Waals surface area contributed by atoms with Gasteiger partial charge in [0.05, 0.1) is 0 Å². The van der Waals surface area contributed by atoms with E-state index in [1.807, 2.05) is 24.3 Å². The first-order valence-electron chi connectivity index (χ1n) is 15.8. The molecule has 6 N–H and O–H groups in total. The summed E-state index contributed by atoms with van der Waals surface area (Å²) in [7, 11) is 3.10. The SMILES string of the molecule is CCCCNC(=O)Nc1ccc(NC(=O)c2ccc(SSc3ccc(C(=O)Nc4ccc(NC(=O)NCCCC)cc4)cc3)cc2)cc1. The van der Waals surface area contributed by atoms with E-state index in [1.165, 1.54) is 0 Å². The Bertz CT molecular complexity index is 1520. The fraction of sp³-hybridized carbons (Fsp3) is 0.222. The van der Waals surface area contributed by atoms with Crippen molar-refractivity contribution in [2.45, 2.75) is 49.3 Å². The minimum Gasteiger partial charge on any atom is -0.338 e. The van der Waals surface area contributed by atoms with Gasteiger partial charge in [-0.05, 0) is 110 Å². The topological polar surface area (TPSA) is 140 Å². The van der Waals surface area contributed by atoms with Gasteiger partial charge in [0.1, 0.15) is 0 Å². The average molecular weight is 685 g/mol. The molecule has 6 amide bonds. The number of hydrogen-bond acceptors (Lipinski definition) is 6. The van der Waals surface area contributed by atoms with E-state index in [0.717, 1.165) is 35.5 Å². The number of rotatable bonds is 15. The molecular weight excluding hydrogens is 645 g/mol. The van der Waals surface area contributed by atoms with Gasteiger partial charge in [-0.2, -0.15) is 0 Å². The summed E-state index contributed by atoms with van der Waals surface area (Å²) >= 11 is 0. The van der Waals surface area contributed by atoms with E-state index in [9.17, 15) is 19.2 Å². The van der Waals surface area contributed by atoms with Gasteiger partial charge in [-0.3, -0.25) is 9.59 Å². The van der Waals surface area contributed by atoms with E-state index < -0.39 is 0 Å². The number of carbonyl (C=O) groups excluding carboxylic acids is 4. The second kappa shape index (κ2) is 19.0. The predicted octanol–water partition coefficient (Wildman–Crippen LogP) is 8.83. The van der Waals surface area contributed by atoms with Crippen molar-refractivity contribution >= 4 is 68.2 Å². The molecule has 0 atom stereocenters. The third-order valence-electron chi connectivity index (χ3n) is 6.90. The molecule has 0 radical (unpaired) electrons. The highest BCUT2D eigenvalue weighted by Gasteiger charge is 2.10. The molecule has 48 heavy (non-hydrogen) atoms. The second-order valence-corrected chi connectivity index (χ2v) is 13.0. The third-order valence-corrected chi connectivity index (χ3v) is 9.32. The van der Waals surface area contributed by atoms with Gasteiger partial charge in [-0.1, -0.05) is 48.3 Å². The number of urea groups is 2. The van der Waals surface area contributed by atoms with Crippen LogP contribution in [0.15, 0.2) is 107 Å². The number of amides is 6. The van der Waals surface area contributed by atoms with E-state index in [2.05, 4.69) is 45.7 Å². The summed E-state index contributed by atoms with van der Waals surface area (Å²) in [6.07, 6.45) is 3.86. The van der Waals surface area contributed by atoms with Gasteiger partial charge in [0, 0.05) is 56.8 Å². The highest BCUT2D eigenvalue weighted by atomic mass is 33.1. The summed E-state index contributed by atoms with van der Waals surface area (Å²) in [6.45, 7) is 5.38. The quantitative estimate of drug-likeness (QED) is 0.0546. The molecular formula is C36H40N6O4S2. The maximum absolute atomic E-state index is 12.8. The summed E-state index contributed by atoms with van der Waals surface area (Å²) in [5.41, 5.74) is 3.57. The molecule has 250 valence electrons. The Morgan fingerprint density at radius 2 is 0.771 bits per heavy atom. The van der Waals surface area contributed by atoms with Gasteiger partial charge in [-0.25, -0.2) is 9.59 Å². The first-order chi connectivity index (χ1) is 23.3. The summed E-state index contributed by atoms with van der Waals surface area (Å²) in [4.78, 5) is 51.3. The lowest BCUT2D eigenvalue weighted by Crippen LogP contribution is -2.29. The van der Waals surface area contributed by atoms with Crippen LogP contribution in [0.3, 0.4) is 0 Å². The Hall–Kier alpha value is -4.94. The Labute approximate surface area is 289 Å². The van der Waals surface area contributed by atoms with Crippen molar-refractivity contribution in [3.63, 3.8) is 0 Å². The normalized spacial score (nSPS) is 10.5. The number of nitrogens with one attached hydrogen (secondary N) is 6. The Kier molecular flexibility index (Phi) is 14.2. The Morgan fingerprint density at radius 3 is 1.08 bits per heavy atom. The van der Waals surface area contributed by atoms with Gasteiger partial charge in [-0.15, -0.1) is 0 Å². The van der Waals surface area contributed by atoms with E-state index >= 15 is 0 Å². The summed E-state index contributed by atoms with van der Waals surface area (Å²) in [5.74, 6) is -0.465. The standard InChI is InChI=1S/C36H40N6O4S2/c1-3-5-23-37-35(45)41-29-15-11-27(12-16-29)39-33(43)25-7-19-31(20-8-25)47-48-32-21-9-26(10-22-32)34(44)40-28-13-17-30(18-14-28)42-36(46)38-24-6-4-2/h7-22H,3-6,23-24H2,1-2H3,(H,39,43)(H,40,44)(H2,37,41,45)(H2,38,42,46). The van der Waals surface area contributed by atoms with Crippen LogP contribution < -0.4 is 31.9 Å². The lowest BCUT2D eigenvalue weighted by molar-refractivity contribution is 0.101. The molecule has 0 aliphatic rings. The highest BCUT2D eigenvalue weighted by molar-refractivity contribution is 8.76. The molecule has 0 spiro atoms. The van der Waals surface area contributed by atoms with Gasteiger partial charge in [0.15, 0.2) is 0 Å². The van der Waals surface area contributed by atoms with E-state index in [4.69, 9.17) is 0 Å². The first-order valence-corrected chi connectivity index (χ1v) is 17.9. The van der Waals surface area contributed by atoms with Crippen LogP contribution in [0.2, 0.25) is 0 Å². The lowest BCUT2D eigenvalue weighted by Gasteiger charge is -2.10. The number of anilines is 4. The summed E-state index contributed by atoms with van der Waals surface area (Å²) in [6, 6.07) is 28.0. The highest BCUT2D eigenvalue weighted by Crippen LogP contribution is 2.37. The fourth-order valence-electron chi connectivity index (χ4n) is 4.21. The van der Waals surface area contributed by atoms with Crippen LogP contribution in [0.4, 0.5) is 32.3 Å². The molecule has 10 nitrogen and oxygen atoms in total. The zero-order valence-corrected chi connectivity index (χ0v) is 28.6. The van der Waals surface area contributed by atoms with Crippen molar-refractivity contribution in [3.8, 4) is 0 Å². The van der Waals surface area contributed by atoms with Crippen molar-refractivity contribution in [3.05, 3.63) is 108 Å². The summed E-state index contributed by atoms with van der Waals surface area (Å²) in [5, 5.41) is 16.9. The Balaban J connectivity index is 1.20. The number of benzene rings is 4. The molecule has 0 fully saturated rings. The number of hydrogen-bond donors (Lipinski definition) is 6. The van der Waals surface area contributed by atoms with Crippen molar-refractivity contribution in [1.82, 2.24) is 10.6 Å². The predicted molar refractivity (Wildman–Crippen MR) is 197 cm³/mol. The van der Waals surface area contributed by atoms with Crippen LogP contribution in [-0.4, -0.2) is 37.0 Å². The van der Waals surface area contributed by atoms with Crippen LogP contribution in [0.25, 0.3) is 0 Å². The van der Waals surface area contributed by atoms with E-state index in [-0.39, 0.29) is 23.9 Å². The minimum absolute atomic E-state index is 0.232. The molecule has 4 aromatic carbocycles. The van der Waals surface area contributed by atoms with E-state index in [1.54, 1.807) is 94.4 Å². The average Bonchev–Trinajstić information content (AvgIpc) is 3.09. The minimum atomic E-state index is -0.255. The fourth-order valence-corrected chi connectivity index (χ4v) is 6.14. The molecule has 0 heterocycles. The maximum atomic E-state index is 12.8. The van der Waals surface area contributed by atoms with Gasteiger partial charge in [0.25, 0.3) is 11.8 Å². The molecule has 0 aliphatic heterocycles. The van der Waals surface area contributed by atoms with Crippen molar-refractivity contribution in [2.24, 2.45) is 0 Å². The van der Waals surface area contributed by atoms with Gasteiger partial charge in [0.2, 0.25) is 0 Å². The molecule has 0 aromatic heterocycles.